The first kappa shape index (κ1) is 10.5. The van der Waals surface area contributed by atoms with E-state index >= 15 is 0 Å². The molecule has 0 amide bonds. The lowest BCUT2D eigenvalue weighted by Crippen LogP contribution is -1.93. The number of hydrogen-bond acceptors (Lipinski definition) is 3. The van der Waals surface area contributed by atoms with E-state index in [-0.39, 0.29) is 6.61 Å². The van der Waals surface area contributed by atoms with Gasteiger partial charge in [-0.1, -0.05) is 18.2 Å². The highest BCUT2D eigenvalue weighted by molar-refractivity contribution is 5.73. The number of aliphatic hydroxyl groups excluding tert-OH is 1. The van der Waals surface area contributed by atoms with Crippen LogP contribution in [0.4, 0.5) is 11.4 Å². The van der Waals surface area contributed by atoms with Crippen molar-refractivity contribution in [2.24, 2.45) is 0 Å². The van der Waals surface area contributed by atoms with Crippen LogP contribution in [0.25, 0.3) is 11.1 Å². The molecule has 3 nitrogen and oxygen atoms in total. The van der Waals surface area contributed by atoms with Crippen LogP contribution in [0.5, 0.6) is 0 Å². The summed E-state index contributed by atoms with van der Waals surface area (Å²) in [5.74, 6) is 0. The molecule has 0 spiro atoms. The highest BCUT2D eigenvalue weighted by Crippen LogP contribution is 2.27. The van der Waals surface area contributed by atoms with E-state index in [1.165, 1.54) is 0 Å². The van der Waals surface area contributed by atoms with Gasteiger partial charge >= 0.3 is 0 Å². The molecule has 0 radical (unpaired) electrons. The smallest absolute Gasteiger partial charge is 0.0687 e. The second-order valence-corrected chi connectivity index (χ2v) is 3.70. The fourth-order valence-corrected chi connectivity index (χ4v) is 1.71. The minimum Gasteiger partial charge on any atom is -0.399 e. The molecule has 0 heterocycles. The maximum Gasteiger partial charge on any atom is 0.0687 e. The Morgan fingerprint density at radius 3 is 2.38 bits per heavy atom. The van der Waals surface area contributed by atoms with Crippen LogP contribution in [-0.2, 0) is 6.61 Å². The summed E-state index contributed by atoms with van der Waals surface area (Å²) in [6.07, 6.45) is 0. The fourth-order valence-electron chi connectivity index (χ4n) is 1.71. The molecule has 0 saturated carbocycles. The SMILES string of the molecule is Nc1cccc(-c2cc(N)ccc2CO)c1. The third kappa shape index (κ3) is 1.99. The molecular formula is C13H14N2O. The van der Waals surface area contributed by atoms with Crippen LogP contribution >= 0.6 is 0 Å². The Bertz CT molecular complexity index is 509. The number of benzene rings is 2. The molecule has 0 aromatic heterocycles. The van der Waals surface area contributed by atoms with E-state index in [0.29, 0.717) is 11.4 Å². The predicted molar refractivity (Wildman–Crippen MR) is 66.6 cm³/mol. The number of nitrogens with two attached hydrogens (primary N) is 2. The van der Waals surface area contributed by atoms with E-state index in [2.05, 4.69) is 0 Å². The van der Waals surface area contributed by atoms with Gasteiger partial charge in [0, 0.05) is 11.4 Å². The number of anilines is 2. The molecule has 2 aromatic carbocycles. The zero-order valence-corrected chi connectivity index (χ0v) is 8.85. The Balaban J connectivity index is 2.58. The van der Waals surface area contributed by atoms with Gasteiger partial charge in [-0.25, -0.2) is 0 Å². The molecular weight excluding hydrogens is 200 g/mol. The highest BCUT2D eigenvalue weighted by atomic mass is 16.3. The second-order valence-electron chi connectivity index (χ2n) is 3.70. The molecule has 0 aliphatic rings. The quantitative estimate of drug-likeness (QED) is 0.669. The van der Waals surface area contributed by atoms with Crippen molar-refractivity contribution in [1.29, 1.82) is 0 Å². The largest absolute Gasteiger partial charge is 0.399 e. The van der Waals surface area contributed by atoms with Gasteiger partial charge in [0.25, 0.3) is 0 Å². The van der Waals surface area contributed by atoms with Crippen LogP contribution < -0.4 is 11.5 Å². The van der Waals surface area contributed by atoms with Crippen LogP contribution in [0.1, 0.15) is 5.56 Å². The summed E-state index contributed by atoms with van der Waals surface area (Å²) in [4.78, 5) is 0. The fraction of sp³-hybridized carbons (Fsp3) is 0.0769. The first-order valence-corrected chi connectivity index (χ1v) is 5.06. The Morgan fingerprint density at radius 2 is 1.69 bits per heavy atom. The Labute approximate surface area is 94.3 Å². The van der Waals surface area contributed by atoms with Crippen molar-refractivity contribution < 1.29 is 5.11 Å². The number of hydrogen-bond donors (Lipinski definition) is 3. The third-order valence-electron chi connectivity index (χ3n) is 2.50. The molecule has 0 unspecified atom stereocenters. The maximum atomic E-state index is 9.27. The Morgan fingerprint density at radius 1 is 0.938 bits per heavy atom. The van der Waals surface area contributed by atoms with Crippen molar-refractivity contribution in [3.05, 3.63) is 48.0 Å². The van der Waals surface area contributed by atoms with Crippen molar-refractivity contribution in [3.8, 4) is 11.1 Å². The molecule has 5 N–H and O–H groups in total. The molecule has 16 heavy (non-hydrogen) atoms. The average molecular weight is 214 g/mol. The topological polar surface area (TPSA) is 72.3 Å². The summed E-state index contributed by atoms with van der Waals surface area (Å²) in [5.41, 5.74) is 15.6. The number of nitrogen functional groups attached to an aromatic ring is 2. The van der Waals surface area contributed by atoms with Gasteiger partial charge in [-0.05, 0) is 41.0 Å². The highest BCUT2D eigenvalue weighted by Gasteiger charge is 2.05. The van der Waals surface area contributed by atoms with E-state index in [1.807, 2.05) is 36.4 Å². The normalized spacial score (nSPS) is 10.3. The standard InChI is InChI=1S/C13H14N2O/c14-11-3-1-2-9(6-11)13-7-12(15)5-4-10(13)8-16/h1-7,16H,8,14-15H2. The van der Waals surface area contributed by atoms with Gasteiger partial charge in [-0.15, -0.1) is 0 Å². The maximum absolute atomic E-state index is 9.27. The third-order valence-corrected chi connectivity index (χ3v) is 2.50. The van der Waals surface area contributed by atoms with E-state index in [0.717, 1.165) is 16.7 Å². The van der Waals surface area contributed by atoms with Crippen LogP contribution in [-0.4, -0.2) is 5.11 Å². The molecule has 0 fully saturated rings. The van der Waals surface area contributed by atoms with Gasteiger partial charge in [0.15, 0.2) is 0 Å². The summed E-state index contributed by atoms with van der Waals surface area (Å²) in [7, 11) is 0. The van der Waals surface area contributed by atoms with E-state index < -0.39 is 0 Å². The van der Waals surface area contributed by atoms with Crippen LogP contribution in [0, 0.1) is 0 Å². The van der Waals surface area contributed by atoms with Crippen molar-refractivity contribution in [3.63, 3.8) is 0 Å². The molecule has 0 atom stereocenters. The van der Waals surface area contributed by atoms with Crippen LogP contribution in [0.15, 0.2) is 42.5 Å². The van der Waals surface area contributed by atoms with Gasteiger partial charge < -0.3 is 16.6 Å². The van der Waals surface area contributed by atoms with Gasteiger partial charge in [0.2, 0.25) is 0 Å². The van der Waals surface area contributed by atoms with E-state index in [4.69, 9.17) is 11.5 Å². The van der Waals surface area contributed by atoms with Crippen molar-refractivity contribution in [2.75, 3.05) is 11.5 Å². The Kier molecular flexibility index (Phi) is 2.79. The van der Waals surface area contributed by atoms with Gasteiger partial charge in [0.1, 0.15) is 0 Å². The zero-order valence-electron chi connectivity index (χ0n) is 8.85. The molecule has 0 aliphatic heterocycles. The summed E-state index contributed by atoms with van der Waals surface area (Å²) in [6.45, 7) is -0.00951. The number of rotatable bonds is 2. The number of aliphatic hydroxyl groups is 1. The monoisotopic (exact) mass is 214 g/mol. The van der Waals surface area contributed by atoms with Gasteiger partial charge in [0.05, 0.1) is 6.61 Å². The molecule has 3 heteroatoms. The first-order chi connectivity index (χ1) is 7.70. The molecule has 0 saturated heterocycles. The van der Waals surface area contributed by atoms with Crippen molar-refractivity contribution in [2.45, 2.75) is 6.61 Å². The molecule has 2 rings (SSSR count). The zero-order chi connectivity index (χ0) is 11.5. The van der Waals surface area contributed by atoms with Gasteiger partial charge in [-0.2, -0.15) is 0 Å². The summed E-state index contributed by atoms with van der Waals surface area (Å²) in [5, 5.41) is 9.27. The van der Waals surface area contributed by atoms with E-state index in [9.17, 15) is 5.11 Å². The summed E-state index contributed by atoms with van der Waals surface area (Å²) >= 11 is 0. The molecule has 82 valence electrons. The summed E-state index contributed by atoms with van der Waals surface area (Å²) < 4.78 is 0. The lowest BCUT2D eigenvalue weighted by atomic mass is 9.99. The minimum atomic E-state index is -0.00951. The predicted octanol–water partition coefficient (Wildman–Crippen LogP) is 2.01. The lowest BCUT2D eigenvalue weighted by molar-refractivity contribution is 0.282. The second kappa shape index (κ2) is 4.24. The average Bonchev–Trinajstić information content (AvgIpc) is 2.29. The minimum absolute atomic E-state index is 0.00951. The summed E-state index contributed by atoms with van der Waals surface area (Å²) in [6, 6.07) is 13.0. The first-order valence-electron chi connectivity index (χ1n) is 5.06. The molecule has 0 aliphatic carbocycles. The Hall–Kier alpha value is -2.00. The lowest BCUT2D eigenvalue weighted by Gasteiger charge is -2.09. The van der Waals surface area contributed by atoms with Crippen molar-refractivity contribution in [1.82, 2.24) is 0 Å². The molecule has 0 bridgehead atoms. The van der Waals surface area contributed by atoms with E-state index in [1.54, 1.807) is 6.07 Å². The van der Waals surface area contributed by atoms with Crippen LogP contribution in [0.2, 0.25) is 0 Å². The van der Waals surface area contributed by atoms with Crippen molar-refractivity contribution >= 4 is 11.4 Å². The molecule has 2 aromatic rings. The van der Waals surface area contributed by atoms with Crippen LogP contribution in [0.3, 0.4) is 0 Å². The van der Waals surface area contributed by atoms with Gasteiger partial charge in [-0.3, -0.25) is 0 Å².